The molecule has 0 amide bonds. The summed E-state index contributed by atoms with van der Waals surface area (Å²) in [5.74, 6) is 2.56. The van der Waals surface area contributed by atoms with Gasteiger partial charge in [0.25, 0.3) is 5.88 Å². The molecule has 1 aromatic carbocycles. The summed E-state index contributed by atoms with van der Waals surface area (Å²) >= 11 is 1.66. The Morgan fingerprint density at radius 2 is 1.76 bits per heavy atom. The average Bonchev–Trinajstić information content (AvgIpc) is 3.41. The predicted octanol–water partition coefficient (Wildman–Crippen LogP) is 4.88. The number of rotatable bonds is 10. The minimum atomic E-state index is 0.390. The highest BCUT2D eigenvalue weighted by atomic mass is 32.1. The maximum absolute atomic E-state index is 5.82. The second-order valence-corrected chi connectivity index (χ2v) is 9.75. The number of ether oxygens (including phenoxy) is 5. The monoisotopic (exact) mass is 489 g/mol. The van der Waals surface area contributed by atoms with E-state index in [2.05, 4.69) is 24.1 Å². The lowest BCUT2D eigenvalue weighted by atomic mass is 10.0. The van der Waals surface area contributed by atoms with Crippen molar-refractivity contribution in [1.29, 1.82) is 0 Å². The maximum Gasteiger partial charge on any atom is 0.258 e. The van der Waals surface area contributed by atoms with Gasteiger partial charge in [0.1, 0.15) is 22.0 Å². The first kappa shape index (κ1) is 24.6. The molecule has 0 spiro atoms. The van der Waals surface area contributed by atoms with Crippen LogP contribution in [0.3, 0.4) is 0 Å². The summed E-state index contributed by atoms with van der Waals surface area (Å²) in [6, 6.07) is 4.36. The van der Waals surface area contributed by atoms with Gasteiger partial charge in [-0.2, -0.15) is 0 Å². The molecule has 3 heterocycles. The number of fused-ring (bicyclic) bond motifs is 1. The van der Waals surface area contributed by atoms with Crippen molar-refractivity contribution in [1.82, 2.24) is 9.61 Å². The standard InChI is InChI=1S/C25H35N3O5S/c1-16(2)13-27(18-7-9-33-10-8-18)23-24(32-6)26-28-19(15-34-25(23)28)22-20(30-4)11-17(14-29-3)12-21(22)31-5/h11-12,15-16,18H,7-10,13-14H2,1-6H3. The quantitative estimate of drug-likeness (QED) is 0.402. The molecule has 3 aromatic rings. The van der Waals surface area contributed by atoms with Crippen molar-refractivity contribution in [3.05, 3.63) is 23.1 Å². The summed E-state index contributed by atoms with van der Waals surface area (Å²) in [4.78, 5) is 3.52. The van der Waals surface area contributed by atoms with E-state index in [1.54, 1.807) is 39.8 Å². The first-order valence-electron chi connectivity index (χ1n) is 11.6. The highest BCUT2D eigenvalue weighted by Crippen LogP contribution is 2.45. The second kappa shape index (κ2) is 10.8. The predicted molar refractivity (Wildman–Crippen MR) is 135 cm³/mol. The molecule has 0 radical (unpaired) electrons. The molecule has 0 bridgehead atoms. The van der Waals surface area contributed by atoms with Crippen molar-refractivity contribution in [2.45, 2.75) is 39.3 Å². The van der Waals surface area contributed by atoms with E-state index >= 15 is 0 Å². The lowest BCUT2D eigenvalue weighted by Gasteiger charge is -2.36. The third-order valence-electron chi connectivity index (χ3n) is 6.11. The lowest BCUT2D eigenvalue weighted by molar-refractivity contribution is 0.0838. The van der Waals surface area contributed by atoms with E-state index in [1.807, 2.05) is 16.6 Å². The van der Waals surface area contributed by atoms with Crippen LogP contribution in [-0.4, -0.2) is 63.9 Å². The molecule has 1 fully saturated rings. The third-order valence-corrected chi connectivity index (χ3v) is 7.04. The smallest absolute Gasteiger partial charge is 0.258 e. The zero-order chi connectivity index (χ0) is 24.2. The summed E-state index contributed by atoms with van der Waals surface area (Å²) < 4.78 is 30.3. The number of hydrogen-bond acceptors (Lipinski definition) is 8. The van der Waals surface area contributed by atoms with Crippen LogP contribution in [0, 0.1) is 5.92 Å². The van der Waals surface area contributed by atoms with Crippen molar-refractivity contribution in [2.75, 3.05) is 53.1 Å². The van der Waals surface area contributed by atoms with Crippen molar-refractivity contribution >= 4 is 21.9 Å². The summed E-state index contributed by atoms with van der Waals surface area (Å²) in [7, 11) is 6.70. The number of anilines is 1. The molecule has 0 aliphatic carbocycles. The van der Waals surface area contributed by atoms with Crippen LogP contribution in [-0.2, 0) is 16.1 Å². The Labute approximate surface area is 205 Å². The van der Waals surface area contributed by atoms with E-state index in [9.17, 15) is 0 Å². The van der Waals surface area contributed by atoms with Gasteiger partial charge in [-0.1, -0.05) is 13.8 Å². The van der Waals surface area contributed by atoms with Gasteiger partial charge in [0, 0.05) is 38.3 Å². The number of hydrogen-bond donors (Lipinski definition) is 0. The molecule has 1 saturated heterocycles. The van der Waals surface area contributed by atoms with Crippen LogP contribution in [0.5, 0.6) is 17.4 Å². The van der Waals surface area contributed by atoms with Crippen LogP contribution >= 0.6 is 11.3 Å². The summed E-state index contributed by atoms with van der Waals surface area (Å²) in [6.45, 7) is 7.45. The van der Waals surface area contributed by atoms with Gasteiger partial charge in [-0.25, -0.2) is 4.52 Å². The van der Waals surface area contributed by atoms with Crippen LogP contribution in [0.2, 0.25) is 0 Å². The molecule has 34 heavy (non-hydrogen) atoms. The van der Waals surface area contributed by atoms with Crippen LogP contribution < -0.4 is 19.1 Å². The van der Waals surface area contributed by atoms with Crippen LogP contribution in [0.1, 0.15) is 32.3 Å². The van der Waals surface area contributed by atoms with Gasteiger partial charge in [0.15, 0.2) is 0 Å². The Bertz CT molecular complexity index is 1080. The van der Waals surface area contributed by atoms with Gasteiger partial charge < -0.3 is 28.6 Å². The van der Waals surface area contributed by atoms with Crippen LogP contribution in [0.15, 0.2) is 17.5 Å². The molecular formula is C25H35N3O5S. The van der Waals surface area contributed by atoms with E-state index in [-0.39, 0.29) is 0 Å². The number of thiazole rings is 1. The molecule has 2 aromatic heterocycles. The van der Waals surface area contributed by atoms with E-state index < -0.39 is 0 Å². The highest BCUT2D eigenvalue weighted by Gasteiger charge is 2.31. The first-order chi connectivity index (χ1) is 16.5. The van der Waals surface area contributed by atoms with Crippen molar-refractivity contribution < 1.29 is 23.7 Å². The van der Waals surface area contributed by atoms with Gasteiger partial charge in [-0.15, -0.1) is 16.4 Å². The normalized spacial score (nSPS) is 14.7. The fraction of sp³-hybridized carbons (Fsp3) is 0.560. The first-order valence-corrected chi connectivity index (χ1v) is 12.5. The zero-order valence-corrected chi connectivity index (χ0v) is 21.7. The molecule has 0 N–H and O–H groups in total. The SMILES string of the molecule is COCc1cc(OC)c(-c2csc3c(N(CC(C)C)C4CCOCC4)c(OC)nn23)c(OC)c1. The molecule has 1 aliphatic heterocycles. The summed E-state index contributed by atoms with van der Waals surface area (Å²) in [6.07, 6.45) is 1.99. The Morgan fingerprint density at radius 3 is 2.32 bits per heavy atom. The topological polar surface area (TPSA) is 66.7 Å². The Kier molecular flexibility index (Phi) is 7.85. The molecule has 4 rings (SSSR count). The highest BCUT2D eigenvalue weighted by molar-refractivity contribution is 7.16. The van der Waals surface area contributed by atoms with Crippen molar-refractivity contribution in [3.63, 3.8) is 0 Å². The number of aromatic nitrogens is 2. The molecule has 9 heteroatoms. The summed E-state index contributed by atoms with van der Waals surface area (Å²) in [5.41, 5.74) is 3.79. The second-order valence-electron chi connectivity index (χ2n) is 8.89. The number of nitrogens with zero attached hydrogens (tertiary/aromatic N) is 3. The van der Waals surface area contributed by atoms with Gasteiger partial charge in [-0.3, -0.25) is 0 Å². The van der Waals surface area contributed by atoms with Crippen LogP contribution in [0.25, 0.3) is 16.1 Å². The molecule has 0 atom stereocenters. The third kappa shape index (κ3) is 4.69. The zero-order valence-electron chi connectivity index (χ0n) is 20.9. The van der Waals surface area contributed by atoms with Gasteiger partial charge in [0.05, 0.1) is 39.2 Å². The van der Waals surface area contributed by atoms with Gasteiger partial charge in [0.2, 0.25) is 0 Å². The number of methoxy groups -OCH3 is 4. The maximum atomic E-state index is 5.82. The van der Waals surface area contributed by atoms with E-state index in [0.717, 1.165) is 59.9 Å². The molecule has 0 saturated carbocycles. The van der Waals surface area contributed by atoms with Gasteiger partial charge >= 0.3 is 0 Å². The van der Waals surface area contributed by atoms with Crippen molar-refractivity contribution in [3.8, 4) is 28.6 Å². The minimum absolute atomic E-state index is 0.390. The molecule has 0 unspecified atom stereocenters. The van der Waals surface area contributed by atoms with E-state index in [4.69, 9.17) is 28.8 Å². The van der Waals surface area contributed by atoms with Crippen molar-refractivity contribution in [2.24, 2.45) is 5.92 Å². The Hall–Kier alpha value is -2.49. The van der Waals surface area contributed by atoms with Gasteiger partial charge in [-0.05, 0) is 36.5 Å². The van der Waals surface area contributed by atoms with E-state index in [1.165, 1.54) is 0 Å². The minimum Gasteiger partial charge on any atom is -0.496 e. The molecule has 186 valence electrons. The molecular weight excluding hydrogens is 454 g/mol. The molecule has 8 nitrogen and oxygen atoms in total. The Balaban J connectivity index is 1.87. The number of benzene rings is 1. The van der Waals surface area contributed by atoms with E-state index in [0.29, 0.717) is 35.9 Å². The molecule has 1 aliphatic rings. The van der Waals surface area contributed by atoms with Crippen LogP contribution in [0.4, 0.5) is 5.69 Å². The largest absolute Gasteiger partial charge is 0.496 e. The fourth-order valence-corrected chi connectivity index (χ4v) is 5.63. The fourth-order valence-electron chi connectivity index (χ4n) is 4.64. The average molecular weight is 490 g/mol. The summed E-state index contributed by atoms with van der Waals surface area (Å²) in [5, 5.41) is 7.01. The lowest BCUT2D eigenvalue weighted by Crippen LogP contribution is -2.41. The Morgan fingerprint density at radius 1 is 1.09 bits per heavy atom.